The van der Waals surface area contributed by atoms with E-state index in [2.05, 4.69) is 11.0 Å². The van der Waals surface area contributed by atoms with E-state index in [1.165, 1.54) is 18.5 Å². The second-order valence-electron chi connectivity index (χ2n) is 5.38. The Morgan fingerprint density at radius 2 is 1.94 bits per heavy atom. The molecule has 0 spiro atoms. The zero-order chi connectivity index (χ0) is 11.9. The fourth-order valence-corrected chi connectivity index (χ4v) is 2.86. The molecule has 0 bridgehead atoms. The van der Waals surface area contributed by atoms with Gasteiger partial charge in [-0.25, -0.2) is 0 Å². The highest BCUT2D eigenvalue weighted by atomic mass is 16.3. The number of anilines is 1. The molecule has 17 heavy (non-hydrogen) atoms. The van der Waals surface area contributed by atoms with Gasteiger partial charge in [-0.15, -0.1) is 0 Å². The summed E-state index contributed by atoms with van der Waals surface area (Å²) in [5, 5.41) is 10.0. The van der Waals surface area contributed by atoms with Crippen LogP contribution in [0.5, 0.6) is 5.75 Å². The van der Waals surface area contributed by atoms with Crippen molar-refractivity contribution in [2.45, 2.75) is 31.1 Å². The van der Waals surface area contributed by atoms with Gasteiger partial charge in [0, 0.05) is 36.3 Å². The molecule has 0 aromatic heterocycles. The van der Waals surface area contributed by atoms with Crippen LogP contribution >= 0.6 is 0 Å². The molecule has 1 aromatic carbocycles. The Kier molecular flexibility index (Phi) is 2.51. The first kappa shape index (κ1) is 10.9. The van der Waals surface area contributed by atoms with Crippen molar-refractivity contribution < 1.29 is 5.11 Å². The van der Waals surface area contributed by atoms with Gasteiger partial charge in [0.25, 0.3) is 0 Å². The van der Waals surface area contributed by atoms with E-state index in [1.807, 2.05) is 12.1 Å². The molecule has 0 atom stereocenters. The van der Waals surface area contributed by atoms with Crippen molar-refractivity contribution in [1.82, 2.24) is 0 Å². The molecular weight excluding hydrogens is 212 g/mol. The normalized spacial score (nSPS) is 21.8. The van der Waals surface area contributed by atoms with E-state index >= 15 is 0 Å². The molecule has 0 radical (unpaired) electrons. The molecule has 1 aliphatic heterocycles. The lowest BCUT2D eigenvalue weighted by atomic mass is 9.94. The first-order chi connectivity index (χ1) is 8.25. The smallest absolute Gasteiger partial charge is 0.119 e. The topological polar surface area (TPSA) is 49.5 Å². The third-order valence-electron chi connectivity index (χ3n) is 4.27. The summed E-state index contributed by atoms with van der Waals surface area (Å²) in [5.74, 6) is 0.413. The minimum Gasteiger partial charge on any atom is -0.508 e. The van der Waals surface area contributed by atoms with Crippen LogP contribution in [0.15, 0.2) is 18.2 Å². The molecule has 1 aliphatic carbocycles. The summed E-state index contributed by atoms with van der Waals surface area (Å²) in [4.78, 5) is 2.40. The average molecular weight is 232 g/mol. The zero-order valence-electron chi connectivity index (χ0n) is 10.2. The molecule has 1 saturated carbocycles. The Labute approximate surface area is 102 Å². The van der Waals surface area contributed by atoms with Crippen LogP contribution in [0.25, 0.3) is 0 Å². The number of aromatic hydroxyl groups is 1. The second-order valence-corrected chi connectivity index (χ2v) is 5.38. The molecule has 92 valence electrons. The molecule has 1 aromatic rings. The van der Waals surface area contributed by atoms with Gasteiger partial charge in [0.1, 0.15) is 5.75 Å². The number of benzene rings is 1. The van der Waals surface area contributed by atoms with E-state index in [0.29, 0.717) is 12.3 Å². The van der Waals surface area contributed by atoms with Crippen LogP contribution in [0, 0.1) is 0 Å². The summed E-state index contributed by atoms with van der Waals surface area (Å²) < 4.78 is 0. The minimum atomic E-state index is 0.0693. The average Bonchev–Trinajstić information content (AvgIpc) is 2.95. The molecular formula is C14H20N2O. The first-order valence-corrected chi connectivity index (χ1v) is 6.54. The predicted octanol–water partition coefficient (Wildman–Crippen LogP) is 1.98. The summed E-state index contributed by atoms with van der Waals surface area (Å²) in [6.07, 6.45) is 4.78. The number of phenolic OH excluding ortho intramolecular Hbond substituents is 1. The van der Waals surface area contributed by atoms with Crippen molar-refractivity contribution in [3.05, 3.63) is 23.8 Å². The standard InChI is InChI=1S/C14H20N2O/c15-10-14(5-6-14)12-9-11(3-4-13(12)17)16-7-1-2-8-16/h3-4,9,17H,1-2,5-8,10,15H2. The fourth-order valence-electron chi connectivity index (χ4n) is 2.86. The van der Waals surface area contributed by atoms with Gasteiger partial charge >= 0.3 is 0 Å². The van der Waals surface area contributed by atoms with Crippen molar-refractivity contribution in [3.63, 3.8) is 0 Å². The molecule has 0 amide bonds. The maximum Gasteiger partial charge on any atom is 0.119 e. The molecule has 0 unspecified atom stereocenters. The van der Waals surface area contributed by atoms with Crippen LogP contribution in [0.4, 0.5) is 5.69 Å². The molecule has 3 N–H and O–H groups in total. The summed E-state index contributed by atoms with van der Waals surface area (Å²) in [6.45, 7) is 2.92. The Balaban J connectivity index is 1.95. The predicted molar refractivity (Wildman–Crippen MR) is 69.5 cm³/mol. The molecule has 1 heterocycles. The van der Waals surface area contributed by atoms with E-state index < -0.39 is 0 Å². The quantitative estimate of drug-likeness (QED) is 0.838. The fraction of sp³-hybridized carbons (Fsp3) is 0.571. The van der Waals surface area contributed by atoms with E-state index in [1.54, 1.807) is 0 Å². The van der Waals surface area contributed by atoms with Crippen molar-refractivity contribution in [1.29, 1.82) is 0 Å². The highest BCUT2D eigenvalue weighted by molar-refractivity contribution is 5.56. The monoisotopic (exact) mass is 232 g/mol. The summed E-state index contributed by atoms with van der Waals surface area (Å²) >= 11 is 0. The van der Waals surface area contributed by atoms with Gasteiger partial charge in [0.15, 0.2) is 0 Å². The van der Waals surface area contributed by atoms with Gasteiger partial charge in [-0.3, -0.25) is 0 Å². The van der Waals surface area contributed by atoms with Crippen LogP contribution in [-0.4, -0.2) is 24.7 Å². The maximum absolute atomic E-state index is 10.0. The Morgan fingerprint density at radius 3 is 2.53 bits per heavy atom. The minimum absolute atomic E-state index is 0.0693. The number of nitrogens with zero attached hydrogens (tertiary/aromatic N) is 1. The lowest BCUT2D eigenvalue weighted by molar-refractivity contribution is 0.459. The van der Waals surface area contributed by atoms with Gasteiger partial charge in [-0.1, -0.05) is 0 Å². The molecule has 2 fully saturated rings. The van der Waals surface area contributed by atoms with Crippen molar-refractivity contribution in [2.24, 2.45) is 5.73 Å². The van der Waals surface area contributed by atoms with Crippen LogP contribution in [-0.2, 0) is 5.41 Å². The van der Waals surface area contributed by atoms with Crippen molar-refractivity contribution >= 4 is 5.69 Å². The summed E-state index contributed by atoms with van der Waals surface area (Å²) in [6, 6.07) is 6.01. The summed E-state index contributed by atoms with van der Waals surface area (Å²) in [5.41, 5.74) is 8.22. The highest BCUT2D eigenvalue weighted by Gasteiger charge is 2.44. The summed E-state index contributed by atoms with van der Waals surface area (Å²) in [7, 11) is 0. The molecule has 1 saturated heterocycles. The van der Waals surface area contributed by atoms with Gasteiger partial charge in [-0.2, -0.15) is 0 Å². The van der Waals surface area contributed by atoms with Crippen LogP contribution in [0.1, 0.15) is 31.2 Å². The number of phenols is 1. The third-order valence-corrected chi connectivity index (χ3v) is 4.27. The van der Waals surface area contributed by atoms with Crippen molar-refractivity contribution in [3.8, 4) is 5.75 Å². The van der Waals surface area contributed by atoms with E-state index in [9.17, 15) is 5.11 Å². The van der Waals surface area contributed by atoms with E-state index in [4.69, 9.17) is 5.73 Å². The molecule has 3 rings (SSSR count). The SMILES string of the molecule is NCC1(c2cc(N3CCCC3)ccc2O)CC1. The van der Waals surface area contributed by atoms with Gasteiger partial charge in [-0.05, 0) is 43.9 Å². The number of nitrogens with two attached hydrogens (primary N) is 1. The molecule has 2 aliphatic rings. The number of rotatable bonds is 3. The van der Waals surface area contributed by atoms with E-state index in [-0.39, 0.29) is 5.41 Å². The van der Waals surface area contributed by atoms with Crippen LogP contribution in [0.3, 0.4) is 0 Å². The Hall–Kier alpha value is -1.22. The molecule has 3 heteroatoms. The third kappa shape index (κ3) is 1.78. The zero-order valence-corrected chi connectivity index (χ0v) is 10.2. The first-order valence-electron chi connectivity index (χ1n) is 6.54. The second kappa shape index (κ2) is 3.91. The Morgan fingerprint density at radius 1 is 1.24 bits per heavy atom. The van der Waals surface area contributed by atoms with Crippen LogP contribution in [0.2, 0.25) is 0 Å². The van der Waals surface area contributed by atoms with Gasteiger partial charge in [0.2, 0.25) is 0 Å². The van der Waals surface area contributed by atoms with E-state index in [0.717, 1.165) is 31.5 Å². The van der Waals surface area contributed by atoms with Gasteiger partial charge in [0.05, 0.1) is 0 Å². The largest absolute Gasteiger partial charge is 0.508 e. The number of hydrogen-bond acceptors (Lipinski definition) is 3. The number of hydrogen-bond donors (Lipinski definition) is 2. The maximum atomic E-state index is 10.0. The van der Waals surface area contributed by atoms with Gasteiger partial charge < -0.3 is 15.7 Å². The lowest BCUT2D eigenvalue weighted by Gasteiger charge is -2.21. The lowest BCUT2D eigenvalue weighted by Crippen LogP contribution is -2.22. The Bertz CT molecular complexity index is 420. The van der Waals surface area contributed by atoms with Crippen LogP contribution < -0.4 is 10.6 Å². The molecule has 3 nitrogen and oxygen atoms in total. The van der Waals surface area contributed by atoms with Crippen molar-refractivity contribution in [2.75, 3.05) is 24.5 Å². The highest BCUT2D eigenvalue weighted by Crippen LogP contribution is 2.51.